The van der Waals surface area contributed by atoms with E-state index in [2.05, 4.69) is 0 Å². The van der Waals surface area contributed by atoms with E-state index in [1.807, 2.05) is 0 Å². The molecule has 18 heavy (non-hydrogen) atoms. The molecule has 0 aliphatic carbocycles. The minimum Gasteiger partial charge on any atom is -0.481 e. The molecule has 102 valence electrons. The van der Waals surface area contributed by atoms with Crippen molar-refractivity contribution < 1.29 is 24.2 Å². The van der Waals surface area contributed by atoms with Crippen LogP contribution in [0.15, 0.2) is 0 Å². The summed E-state index contributed by atoms with van der Waals surface area (Å²) in [5.41, 5.74) is 5.79. The first-order chi connectivity index (χ1) is 8.52. The van der Waals surface area contributed by atoms with Crippen molar-refractivity contribution >= 4 is 11.9 Å². The van der Waals surface area contributed by atoms with Gasteiger partial charge in [0.1, 0.15) is 5.92 Å². The lowest BCUT2D eigenvalue weighted by molar-refractivity contribution is -0.145. The van der Waals surface area contributed by atoms with E-state index < -0.39 is 17.9 Å². The lowest BCUT2D eigenvalue weighted by Gasteiger charge is -2.29. The molecule has 4 atom stereocenters. The molecule has 2 aliphatic rings. The summed E-state index contributed by atoms with van der Waals surface area (Å²) in [4.78, 5) is 24.7. The van der Waals surface area contributed by atoms with Crippen LogP contribution in [0.25, 0.3) is 0 Å². The fourth-order valence-corrected chi connectivity index (χ4v) is 2.41. The highest BCUT2D eigenvalue weighted by Crippen LogP contribution is 2.22. The van der Waals surface area contributed by atoms with E-state index >= 15 is 0 Å². The van der Waals surface area contributed by atoms with Gasteiger partial charge in [0.15, 0.2) is 0 Å². The van der Waals surface area contributed by atoms with Gasteiger partial charge in [-0.15, -0.1) is 0 Å². The van der Waals surface area contributed by atoms with Crippen molar-refractivity contribution in [3.63, 3.8) is 0 Å². The number of carboxylic acids is 1. The van der Waals surface area contributed by atoms with E-state index in [0.29, 0.717) is 13.2 Å². The van der Waals surface area contributed by atoms with Crippen molar-refractivity contribution in [1.82, 2.24) is 4.90 Å². The number of carbonyl (C=O) groups is 2. The molecule has 7 nitrogen and oxygen atoms in total. The zero-order valence-electron chi connectivity index (χ0n) is 10.2. The molecule has 0 aromatic heterocycles. The third kappa shape index (κ3) is 2.33. The Balaban J connectivity index is 2.04. The van der Waals surface area contributed by atoms with Crippen molar-refractivity contribution in [2.45, 2.75) is 12.1 Å². The Morgan fingerprint density at radius 1 is 1.17 bits per heavy atom. The maximum atomic E-state index is 12.2. The number of rotatable bonds is 3. The lowest BCUT2D eigenvalue weighted by Crippen LogP contribution is -2.49. The minimum absolute atomic E-state index is 0.144. The van der Waals surface area contributed by atoms with Crippen LogP contribution in [0, 0.1) is 11.8 Å². The summed E-state index contributed by atoms with van der Waals surface area (Å²) in [5.74, 6) is -2.16. The van der Waals surface area contributed by atoms with Crippen LogP contribution in [0.1, 0.15) is 0 Å². The molecular weight excluding hydrogens is 240 g/mol. The van der Waals surface area contributed by atoms with Gasteiger partial charge in [-0.3, -0.25) is 9.59 Å². The molecule has 0 spiro atoms. The number of hydrogen-bond donors (Lipinski definition) is 2. The van der Waals surface area contributed by atoms with Gasteiger partial charge in [-0.25, -0.2) is 0 Å². The highest BCUT2D eigenvalue weighted by Gasteiger charge is 2.42. The van der Waals surface area contributed by atoms with E-state index in [0.717, 1.165) is 0 Å². The summed E-state index contributed by atoms with van der Waals surface area (Å²) >= 11 is 0. The van der Waals surface area contributed by atoms with Crippen molar-refractivity contribution in [2.75, 3.05) is 33.5 Å². The van der Waals surface area contributed by atoms with E-state index in [1.54, 1.807) is 7.05 Å². The molecule has 0 saturated carbocycles. The van der Waals surface area contributed by atoms with Crippen molar-refractivity contribution in [2.24, 2.45) is 17.6 Å². The number of ether oxygens (including phenoxy) is 2. The normalized spacial score (nSPS) is 35.7. The average Bonchev–Trinajstić information content (AvgIpc) is 2.95. The first-order valence-corrected chi connectivity index (χ1v) is 5.93. The van der Waals surface area contributed by atoms with Crippen LogP contribution in [0.5, 0.6) is 0 Å². The topological polar surface area (TPSA) is 102 Å². The van der Waals surface area contributed by atoms with Gasteiger partial charge < -0.3 is 25.2 Å². The largest absolute Gasteiger partial charge is 0.481 e. The maximum absolute atomic E-state index is 12.2. The van der Waals surface area contributed by atoms with Crippen LogP contribution in [-0.2, 0) is 19.1 Å². The Kier molecular flexibility index (Phi) is 3.84. The third-order valence-electron chi connectivity index (χ3n) is 3.65. The molecular formula is C11H18N2O5. The molecule has 2 rings (SSSR count). The van der Waals surface area contributed by atoms with Crippen molar-refractivity contribution in [1.29, 1.82) is 0 Å². The Morgan fingerprint density at radius 3 is 2.33 bits per heavy atom. The molecule has 2 aliphatic heterocycles. The zero-order valence-corrected chi connectivity index (χ0v) is 10.2. The molecule has 1 amide bonds. The molecule has 0 aromatic rings. The number of likely N-dealkylation sites (N-methyl/N-ethyl adjacent to an activating group) is 1. The summed E-state index contributed by atoms with van der Waals surface area (Å²) in [6, 6.07) is -0.742. The second kappa shape index (κ2) is 5.21. The first-order valence-electron chi connectivity index (χ1n) is 5.93. The first kappa shape index (κ1) is 13.3. The Labute approximate surface area is 105 Å². The second-order valence-electron chi connectivity index (χ2n) is 4.81. The van der Waals surface area contributed by atoms with Gasteiger partial charge in [-0.2, -0.15) is 0 Å². The van der Waals surface area contributed by atoms with Gasteiger partial charge in [0.25, 0.3) is 0 Å². The summed E-state index contributed by atoms with van der Waals surface area (Å²) in [5, 5.41) is 9.06. The number of amides is 1. The number of carboxylic acid groups (broad SMARTS) is 1. The predicted molar refractivity (Wildman–Crippen MR) is 60.8 cm³/mol. The molecule has 3 N–H and O–H groups in total. The fraction of sp³-hybridized carbons (Fsp3) is 0.818. The van der Waals surface area contributed by atoms with Crippen LogP contribution in [0.4, 0.5) is 0 Å². The van der Waals surface area contributed by atoms with Gasteiger partial charge in [0.2, 0.25) is 5.91 Å². The second-order valence-corrected chi connectivity index (χ2v) is 4.81. The monoisotopic (exact) mass is 258 g/mol. The quantitative estimate of drug-likeness (QED) is 0.640. The van der Waals surface area contributed by atoms with E-state index in [-0.39, 0.29) is 31.1 Å². The molecule has 0 radical (unpaired) electrons. The number of aliphatic carboxylic acids is 1. The smallest absolute Gasteiger partial charge is 0.311 e. The van der Waals surface area contributed by atoms with E-state index in [9.17, 15) is 9.59 Å². The predicted octanol–water partition coefficient (Wildman–Crippen LogP) is -1.48. The lowest BCUT2D eigenvalue weighted by atomic mass is 9.98. The fourth-order valence-electron chi connectivity index (χ4n) is 2.41. The molecule has 0 aromatic carbocycles. The number of carbonyl (C=O) groups excluding carboxylic acids is 1. The SMILES string of the molecule is CN(C(=O)C1COCC1N)C1COCC1C(=O)O. The average molecular weight is 258 g/mol. The molecule has 2 heterocycles. The summed E-state index contributed by atoms with van der Waals surface area (Å²) < 4.78 is 10.3. The summed E-state index contributed by atoms with van der Waals surface area (Å²) in [6.45, 7) is 1.07. The van der Waals surface area contributed by atoms with E-state index in [4.69, 9.17) is 20.3 Å². The van der Waals surface area contributed by atoms with Crippen LogP contribution >= 0.6 is 0 Å². The van der Waals surface area contributed by atoms with E-state index in [1.165, 1.54) is 4.90 Å². The molecule has 2 saturated heterocycles. The standard InChI is InChI=1S/C11H18N2O5/c1-13(9-5-18-3-7(9)11(15)16)10(14)6-2-17-4-8(6)12/h6-9H,2-5,12H2,1H3,(H,15,16). The van der Waals surface area contributed by atoms with Crippen LogP contribution < -0.4 is 5.73 Å². The molecule has 0 bridgehead atoms. The number of nitrogens with zero attached hydrogens (tertiary/aromatic N) is 1. The van der Waals surface area contributed by atoms with Crippen molar-refractivity contribution in [3.8, 4) is 0 Å². The summed E-state index contributed by atoms with van der Waals surface area (Å²) in [6.07, 6.45) is 0. The molecule has 4 unspecified atom stereocenters. The van der Waals surface area contributed by atoms with Gasteiger partial charge in [0, 0.05) is 13.1 Å². The van der Waals surface area contributed by atoms with Crippen LogP contribution in [0.3, 0.4) is 0 Å². The Bertz CT molecular complexity index is 348. The third-order valence-corrected chi connectivity index (χ3v) is 3.65. The maximum Gasteiger partial charge on any atom is 0.311 e. The Morgan fingerprint density at radius 2 is 1.78 bits per heavy atom. The van der Waals surface area contributed by atoms with Crippen molar-refractivity contribution in [3.05, 3.63) is 0 Å². The summed E-state index contributed by atoms with van der Waals surface area (Å²) in [7, 11) is 1.60. The highest BCUT2D eigenvalue weighted by molar-refractivity contribution is 5.81. The molecule has 7 heteroatoms. The number of nitrogens with two attached hydrogens (primary N) is 1. The minimum atomic E-state index is -0.941. The Hall–Kier alpha value is -1.18. The van der Waals surface area contributed by atoms with Gasteiger partial charge in [0.05, 0.1) is 38.4 Å². The van der Waals surface area contributed by atoms with Crippen LogP contribution in [-0.4, -0.2) is 67.4 Å². The zero-order chi connectivity index (χ0) is 13.3. The van der Waals surface area contributed by atoms with Gasteiger partial charge in [-0.05, 0) is 0 Å². The van der Waals surface area contributed by atoms with Gasteiger partial charge >= 0.3 is 5.97 Å². The molecule has 2 fully saturated rings. The highest BCUT2D eigenvalue weighted by atomic mass is 16.5. The van der Waals surface area contributed by atoms with Gasteiger partial charge in [-0.1, -0.05) is 0 Å². The van der Waals surface area contributed by atoms with Crippen LogP contribution in [0.2, 0.25) is 0 Å². The number of hydrogen-bond acceptors (Lipinski definition) is 5.